The third-order valence-corrected chi connectivity index (χ3v) is 3.04. The Bertz CT molecular complexity index is 368. The van der Waals surface area contributed by atoms with E-state index in [-0.39, 0.29) is 18.8 Å². The summed E-state index contributed by atoms with van der Waals surface area (Å²) in [6.07, 6.45) is 4.73. The molecule has 6 heteroatoms. The third kappa shape index (κ3) is 4.85. The smallest absolute Gasteiger partial charge is 0.435 e. The molecule has 0 aromatic rings. The molecule has 114 valence electrons. The van der Waals surface area contributed by atoms with Crippen LogP contribution in [-0.4, -0.2) is 49.8 Å². The van der Waals surface area contributed by atoms with E-state index in [0.717, 1.165) is 18.5 Å². The van der Waals surface area contributed by atoms with E-state index in [0.29, 0.717) is 6.61 Å². The number of hydrogen-bond acceptors (Lipinski definition) is 6. The van der Waals surface area contributed by atoms with E-state index in [2.05, 4.69) is 5.10 Å². The highest BCUT2D eigenvalue weighted by Gasteiger charge is 2.30. The van der Waals surface area contributed by atoms with Gasteiger partial charge < -0.3 is 14.2 Å². The first kappa shape index (κ1) is 16.5. The number of carbonyl (C=O) groups is 1. The van der Waals surface area contributed by atoms with Crippen molar-refractivity contribution in [3.05, 3.63) is 11.8 Å². The molecule has 1 rings (SSSR count). The number of hydrogen-bond donors (Lipinski definition) is 0. The van der Waals surface area contributed by atoms with E-state index >= 15 is 0 Å². The molecule has 2 atom stereocenters. The highest BCUT2D eigenvalue weighted by Crippen LogP contribution is 2.27. The fourth-order valence-corrected chi connectivity index (χ4v) is 2.19. The minimum absolute atomic E-state index is 0.00973. The van der Waals surface area contributed by atoms with E-state index < -0.39 is 6.16 Å². The number of allylic oxidation sites excluding steroid dienone is 1. The van der Waals surface area contributed by atoms with Gasteiger partial charge in [0.15, 0.2) is 0 Å². The number of likely N-dealkylation sites (N-methyl/N-ethyl adjacent to an activating group) is 1. The molecule has 1 saturated heterocycles. The number of carbonyl (C=O) groups excluding carboxylic acids is 1. The van der Waals surface area contributed by atoms with Gasteiger partial charge in [0, 0.05) is 13.3 Å². The molecular formula is C14H24N2O4. The molecule has 0 spiro atoms. The van der Waals surface area contributed by atoms with Crippen LogP contribution < -0.4 is 0 Å². The number of nitrogens with zero attached hydrogens (tertiary/aromatic N) is 2. The van der Waals surface area contributed by atoms with E-state index in [1.165, 1.54) is 0 Å². The fraction of sp³-hybridized carbons (Fsp3) is 0.714. The summed E-state index contributed by atoms with van der Waals surface area (Å²) in [6, 6.07) is 0. The van der Waals surface area contributed by atoms with Crippen LogP contribution >= 0.6 is 0 Å². The van der Waals surface area contributed by atoms with Crippen molar-refractivity contribution in [1.82, 2.24) is 5.01 Å². The van der Waals surface area contributed by atoms with Gasteiger partial charge in [0.05, 0.1) is 24.5 Å². The van der Waals surface area contributed by atoms with Crippen LogP contribution in [0, 0.1) is 0 Å². The first-order valence-electron chi connectivity index (χ1n) is 6.95. The van der Waals surface area contributed by atoms with Crippen LogP contribution in [0.15, 0.2) is 16.9 Å². The Morgan fingerprint density at radius 2 is 2.15 bits per heavy atom. The molecule has 0 amide bonds. The Hall–Kier alpha value is -1.56. The van der Waals surface area contributed by atoms with E-state index in [4.69, 9.17) is 14.2 Å². The zero-order valence-electron chi connectivity index (χ0n) is 12.7. The molecule has 20 heavy (non-hydrogen) atoms. The summed E-state index contributed by atoms with van der Waals surface area (Å²) in [5.41, 5.74) is 1.02. The zero-order valence-corrected chi connectivity index (χ0v) is 12.7. The third-order valence-electron chi connectivity index (χ3n) is 3.04. The molecular weight excluding hydrogens is 260 g/mol. The lowest BCUT2D eigenvalue weighted by molar-refractivity contribution is -0.0105. The lowest BCUT2D eigenvalue weighted by atomic mass is 10.1. The van der Waals surface area contributed by atoms with Crippen molar-refractivity contribution in [2.45, 2.75) is 45.8 Å². The molecule has 0 saturated carbocycles. The molecule has 0 bridgehead atoms. The largest absolute Gasteiger partial charge is 0.508 e. The number of hydrazone groups is 1. The van der Waals surface area contributed by atoms with Crippen molar-refractivity contribution < 1.29 is 19.0 Å². The first-order chi connectivity index (χ1) is 9.62. The Balaban J connectivity index is 2.44. The van der Waals surface area contributed by atoms with Crippen LogP contribution in [0.5, 0.6) is 0 Å². The molecule has 1 aliphatic heterocycles. The van der Waals surface area contributed by atoms with Gasteiger partial charge in [-0.1, -0.05) is 6.08 Å². The van der Waals surface area contributed by atoms with Crippen LogP contribution in [0.4, 0.5) is 4.79 Å². The van der Waals surface area contributed by atoms with Crippen molar-refractivity contribution in [2.24, 2.45) is 5.10 Å². The lowest BCUT2D eigenvalue weighted by Gasteiger charge is -2.22. The van der Waals surface area contributed by atoms with Gasteiger partial charge in [-0.3, -0.25) is 5.01 Å². The van der Waals surface area contributed by atoms with Gasteiger partial charge in [-0.2, -0.15) is 5.10 Å². The maximum atomic E-state index is 11.1. The van der Waals surface area contributed by atoms with Crippen LogP contribution in [0.3, 0.4) is 0 Å². The topological polar surface area (TPSA) is 60.4 Å². The van der Waals surface area contributed by atoms with Crippen LogP contribution in [0.2, 0.25) is 0 Å². The molecule has 2 unspecified atom stereocenters. The van der Waals surface area contributed by atoms with Crippen molar-refractivity contribution in [1.29, 1.82) is 0 Å². The second-order valence-electron chi connectivity index (χ2n) is 4.43. The molecule has 1 heterocycles. The van der Waals surface area contributed by atoms with Gasteiger partial charge in [-0.05, 0) is 33.6 Å². The molecule has 0 aliphatic carbocycles. The molecule has 0 N–H and O–H groups in total. The predicted octanol–water partition coefficient (Wildman–Crippen LogP) is 2.55. The van der Waals surface area contributed by atoms with E-state index in [9.17, 15) is 4.79 Å². The van der Waals surface area contributed by atoms with E-state index in [1.807, 2.05) is 27.0 Å². The zero-order chi connectivity index (χ0) is 15.0. The Kier molecular flexibility index (Phi) is 7.08. The van der Waals surface area contributed by atoms with Gasteiger partial charge in [0.2, 0.25) is 0 Å². The fourth-order valence-electron chi connectivity index (χ4n) is 2.19. The Labute approximate surface area is 120 Å². The maximum absolute atomic E-state index is 11.1. The van der Waals surface area contributed by atoms with Gasteiger partial charge in [0.25, 0.3) is 0 Å². The molecule has 0 radical (unpaired) electrons. The quantitative estimate of drug-likeness (QED) is 0.426. The molecule has 1 fully saturated rings. The first-order valence-corrected chi connectivity index (χ1v) is 6.95. The lowest BCUT2D eigenvalue weighted by Crippen LogP contribution is -2.25. The van der Waals surface area contributed by atoms with Gasteiger partial charge in [0.1, 0.15) is 6.61 Å². The summed E-state index contributed by atoms with van der Waals surface area (Å²) in [5.74, 6) is 0. The summed E-state index contributed by atoms with van der Waals surface area (Å²) in [7, 11) is 1.89. The molecule has 0 aromatic carbocycles. The van der Waals surface area contributed by atoms with Crippen LogP contribution in [0.25, 0.3) is 0 Å². The Morgan fingerprint density at radius 1 is 1.40 bits per heavy atom. The second-order valence-corrected chi connectivity index (χ2v) is 4.43. The SMILES string of the molecule is C/C=N\N(C)/C(=C\C)C1CCC(COC(=O)OCC)O1. The van der Waals surface area contributed by atoms with Crippen molar-refractivity contribution in [3.63, 3.8) is 0 Å². The summed E-state index contributed by atoms with van der Waals surface area (Å²) in [6.45, 7) is 6.12. The van der Waals surface area contributed by atoms with Crippen molar-refractivity contribution in [2.75, 3.05) is 20.3 Å². The monoisotopic (exact) mass is 284 g/mol. The second kappa shape index (κ2) is 8.58. The highest BCUT2D eigenvalue weighted by atomic mass is 16.7. The predicted molar refractivity (Wildman–Crippen MR) is 76.6 cm³/mol. The van der Waals surface area contributed by atoms with Gasteiger partial charge in [-0.25, -0.2) is 4.79 Å². The number of ether oxygens (including phenoxy) is 3. The average Bonchev–Trinajstić information content (AvgIpc) is 2.87. The summed E-state index contributed by atoms with van der Waals surface area (Å²) < 4.78 is 15.6. The molecule has 6 nitrogen and oxygen atoms in total. The minimum atomic E-state index is -0.640. The molecule has 1 aliphatic rings. The summed E-state index contributed by atoms with van der Waals surface area (Å²) >= 11 is 0. The highest BCUT2D eigenvalue weighted by molar-refractivity contribution is 5.59. The maximum Gasteiger partial charge on any atom is 0.508 e. The van der Waals surface area contributed by atoms with Gasteiger partial charge in [-0.15, -0.1) is 0 Å². The molecule has 0 aromatic heterocycles. The summed E-state index contributed by atoms with van der Waals surface area (Å²) in [4.78, 5) is 11.1. The average molecular weight is 284 g/mol. The van der Waals surface area contributed by atoms with Crippen molar-refractivity contribution >= 4 is 12.4 Å². The van der Waals surface area contributed by atoms with Crippen LogP contribution in [-0.2, 0) is 14.2 Å². The van der Waals surface area contributed by atoms with E-state index in [1.54, 1.807) is 18.1 Å². The summed E-state index contributed by atoms with van der Waals surface area (Å²) in [5, 5.41) is 6.02. The van der Waals surface area contributed by atoms with Crippen LogP contribution in [0.1, 0.15) is 33.6 Å². The van der Waals surface area contributed by atoms with Crippen molar-refractivity contribution in [3.8, 4) is 0 Å². The standard InChI is InChI=1S/C14H24N2O4/c1-5-12(16(4)15-6-2)13-9-8-11(20-13)10-19-14(17)18-7-3/h5-6,11,13H,7-10H2,1-4H3/b12-5-,15-6-. The minimum Gasteiger partial charge on any atom is -0.435 e. The number of rotatable bonds is 6. The normalized spacial score (nSPS) is 23.1. The van der Waals surface area contributed by atoms with Gasteiger partial charge >= 0.3 is 6.16 Å². The Morgan fingerprint density at radius 3 is 2.75 bits per heavy atom.